The summed E-state index contributed by atoms with van der Waals surface area (Å²) in [7, 11) is 0. The number of carbonyl (C=O) groups is 2. The highest BCUT2D eigenvalue weighted by atomic mass is 35.5. The van der Waals surface area contributed by atoms with Gasteiger partial charge in [-0.1, -0.05) is 35.3 Å². The topological polar surface area (TPSA) is 46.2 Å². The summed E-state index contributed by atoms with van der Waals surface area (Å²) in [6.45, 7) is 1.47. The molecule has 0 saturated heterocycles. The van der Waals surface area contributed by atoms with Gasteiger partial charge >= 0.3 is 0 Å². The molecule has 0 atom stereocenters. The number of carbonyl (C=O) groups excluding carboxylic acids is 2. The molecule has 4 rings (SSSR count). The van der Waals surface area contributed by atoms with Gasteiger partial charge in [-0.2, -0.15) is 0 Å². The number of hydrogen-bond acceptors (Lipinski definition) is 2. The summed E-state index contributed by atoms with van der Waals surface area (Å²) in [5.74, 6) is -0.810. The summed E-state index contributed by atoms with van der Waals surface area (Å²) in [6, 6.07) is 8.49. The molecule has 29 heavy (non-hydrogen) atoms. The average molecular weight is 438 g/mol. The fourth-order valence-electron chi connectivity index (χ4n) is 3.24. The van der Waals surface area contributed by atoms with Crippen molar-refractivity contribution in [1.82, 2.24) is 5.32 Å². The van der Waals surface area contributed by atoms with Gasteiger partial charge in [-0.3, -0.25) is 4.79 Å². The van der Waals surface area contributed by atoms with E-state index in [0.29, 0.717) is 10.0 Å². The molecule has 7 heteroatoms. The second kappa shape index (κ2) is 8.64. The summed E-state index contributed by atoms with van der Waals surface area (Å²) < 4.78 is 25.6. The van der Waals surface area contributed by atoms with E-state index in [4.69, 9.17) is 23.2 Å². The van der Waals surface area contributed by atoms with Crippen molar-refractivity contribution in [3.05, 3.63) is 74.9 Å². The van der Waals surface area contributed by atoms with E-state index in [1.54, 1.807) is 12.1 Å². The average Bonchev–Trinajstić information content (AvgIpc) is 3.42. The smallest absolute Gasteiger partial charge is 0.221 e. The van der Waals surface area contributed by atoms with Gasteiger partial charge in [0, 0.05) is 17.6 Å². The van der Waals surface area contributed by atoms with Gasteiger partial charge in [0.05, 0.1) is 10.4 Å². The Morgan fingerprint density at radius 1 is 1.03 bits per heavy atom. The lowest BCUT2D eigenvalue weighted by Gasteiger charge is -2.25. The van der Waals surface area contributed by atoms with Crippen molar-refractivity contribution >= 4 is 41.0 Å². The van der Waals surface area contributed by atoms with Crippen molar-refractivity contribution in [2.45, 2.75) is 38.0 Å². The van der Waals surface area contributed by atoms with E-state index in [2.05, 4.69) is 5.32 Å². The number of allylic oxidation sites excluding steroid dienone is 2. The van der Waals surface area contributed by atoms with Crippen LogP contribution in [-0.4, -0.2) is 12.2 Å². The molecule has 1 N–H and O–H groups in total. The summed E-state index contributed by atoms with van der Waals surface area (Å²) >= 11 is 11.8. The largest absolute Gasteiger partial charge is 0.330 e. The van der Waals surface area contributed by atoms with Crippen molar-refractivity contribution in [3.63, 3.8) is 0 Å². The zero-order valence-corrected chi connectivity index (χ0v) is 17.2. The first-order valence-electron chi connectivity index (χ1n) is 9.12. The molecule has 0 unspecified atom stereocenters. The van der Waals surface area contributed by atoms with Gasteiger partial charge in [-0.05, 0) is 66.6 Å². The van der Waals surface area contributed by atoms with E-state index in [0.717, 1.165) is 54.4 Å². The fourth-order valence-corrected chi connectivity index (χ4v) is 3.87. The molecule has 1 fully saturated rings. The Morgan fingerprint density at radius 3 is 2.10 bits per heavy atom. The van der Waals surface area contributed by atoms with Crippen molar-refractivity contribution in [1.29, 1.82) is 0 Å². The highest BCUT2D eigenvalue weighted by Gasteiger charge is 2.45. The number of halogens is 4. The van der Waals surface area contributed by atoms with Crippen LogP contribution in [0.3, 0.4) is 0 Å². The molecule has 152 valence electrons. The molecule has 2 aromatic rings. The number of hydrogen-bond donors (Lipinski definition) is 1. The lowest BCUT2D eigenvalue weighted by molar-refractivity contribution is -0.118. The third-order valence-corrected chi connectivity index (χ3v) is 5.68. The molecule has 1 amide bonds. The molecule has 0 bridgehead atoms. The molecule has 2 aliphatic rings. The highest BCUT2D eigenvalue weighted by molar-refractivity contribution is 6.32. The Labute approximate surface area is 177 Å². The predicted octanol–water partition coefficient (Wildman–Crippen LogP) is 5.83. The van der Waals surface area contributed by atoms with Crippen LogP contribution in [0, 0.1) is 11.6 Å². The molecule has 2 aliphatic carbocycles. The Kier molecular flexibility index (Phi) is 6.39. The van der Waals surface area contributed by atoms with Crippen LogP contribution in [0.2, 0.25) is 10.0 Å². The Morgan fingerprint density at radius 2 is 1.66 bits per heavy atom. The second-order valence-electron chi connectivity index (χ2n) is 7.16. The number of rotatable bonds is 4. The van der Waals surface area contributed by atoms with Crippen LogP contribution in [0.15, 0.2) is 42.1 Å². The summed E-state index contributed by atoms with van der Waals surface area (Å²) in [6.07, 6.45) is 4.25. The van der Waals surface area contributed by atoms with Crippen molar-refractivity contribution < 1.29 is 18.4 Å². The first-order valence-corrected chi connectivity index (χ1v) is 9.88. The SMILES string of the molecule is CC(=O)NC1=C(c2ccc(F)cc2Cl)CC1.O=CC1(c2ccc(F)cc2Cl)CC1. The fraction of sp³-hybridized carbons (Fsp3) is 0.273. The molecule has 1 saturated carbocycles. The number of amides is 1. The monoisotopic (exact) mass is 437 g/mol. The Balaban J connectivity index is 0.000000169. The van der Waals surface area contributed by atoms with Crippen molar-refractivity contribution in [2.24, 2.45) is 0 Å². The van der Waals surface area contributed by atoms with E-state index in [-0.39, 0.29) is 17.5 Å². The molecule has 0 radical (unpaired) electrons. The van der Waals surface area contributed by atoms with Crippen LogP contribution in [0.1, 0.15) is 43.7 Å². The molecule has 2 aromatic carbocycles. The molecule has 0 spiro atoms. The van der Waals surface area contributed by atoms with Crippen LogP contribution in [0.25, 0.3) is 5.57 Å². The van der Waals surface area contributed by atoms with E-state index in [1.807, 2.05) is 0 Å². The van der Waals surface area contributed by atoms with Gasteiger partial charge in [0.1, 0.15) is 17.9 Å². The number of aldehydes is 1. The quantitative estimate of drug-likeness (QED) is 0.611. The predicted molar refractivity (Wildman–Crippen MR) is 110 cm³/mol. The summed E-state index contributed by atoms with van der Waals surface area (Å²) in [4.78, 5) is 21.7. The van der Waals surface area contributed by atoms with Gasteiger partial charge < -0.3 is 10.1 Å². The van der Waals surface area contributed by atoms with Crippen LogP contribution >= 0.6 is 23.2 Å². The maximum absolute atomic E-state index is 12.9. The Hall–Kier alpha value is -2.24. The zero-order valence-electron chi connectivity index (χ0n) is 15.7. The van der Waals surface area contributed by atoms with Gasteiger partial charge in [0.2, 0.25) is 5.91 Å². The first kappa shape index (κ1) is 21.5. The normalized spacial score (nSPS) is 16.3. The lowest BCUT2D eigenvalue weighted by atomic mass is 9.88. The maximum atomic E-state index is 12.9. The van der Waals surface area contributed by atoms with Gasteiger partial charge in [-0.25, -0.2) is 8.78 Å². The molecule has 0 aromatic heterocycles. The zero-order chi connectivity index (χ0) is 21.2. The second-order valence-corrected chi connectivity index (χ2v) is 7.98. The van der Waals surface area contributed by atoms with Gasteiger partial charge in [-0.15, -0.1) is 0 Å². The van der Waals surface area contributed by atoms with E-state index >= 15 is 0 Å². The minimum atomic E-state index is -0.412. The van der Waals surface area contributed by atoms with Crippen LogP contribution in [0.5, 0.6) is 0 Å². The van der Waals surface area contributed by atoms with E-state index in [1.165, 1.54) is 31.2 Å². The Bertz CT molecular complexity index is 1000. The molecule has 0 heterocycles. The van der Waals surface area contributed by atoms with Crippen LogP contribution < -0.4 is 5.32 Å². The third kappa shape index (κ3) is 4.85. The molecule has 3 nitrogen and oxygen atoms in total. The number of benzene rings is 2. The molecule has 0 aliphatic heterocycles. The van der Waals surface area contributed by atoms with Crippen LogP contribution in [0.4, 0.5) is 8.78 Å². The van der Waals surface area contributed by atoms with Crippen molar-refractivity contribution in [3.8, 4) is 0 Å². The lowest BCUT2D eigenvalue weighted by Crippen LogP contribution is -2.24. The summed E-state index contributed by atoms with van der Waals surface area (Å²) in [5, 5.41) is 3.50. The van der Waals surface area contributed by atoms with E-state index in [9.17, 15) is 18.4 Å². The highest BCUT2D eigenvalue weighted by Crippen LogP contribution is 2.48. The maximum Gasteiger partial charge on any atom is 0.221 e. The number of nitrogens with one attached hydrogen (secondary N) is 1. The third-order valence-electron chi connectivity index (χ3n) is 5.05. The minimum absolute atomic E-state index is 0.0922. The van der Waals surface area contributed by atoms with Gasteiger partial charge in [0.25, 0.3) is 0 Å². The first-order chi connectivity index (χ1) is 13.8. The summed E-state index contributed by atoms with van der Waals surface area (Å²) in [5.41, 5.74) is 3.04. The van der Waals surface area contributed by atoms with Gasteiger partial charge in [0.15, 0.2) is 0 Å². The van der Waals surface area contributed by atoms with E-state index < -0.39 is 5.41 Å². The molecular weight excluding hydrogens is 419 g/mol. The van der Waals surface area contributed by atoms with Crippen LogP contribution in [-0.2, 0) is 15.0 Å². The standard InChI is InChI=1S/C12H11ClFNO.C10H8ClFO/c1-7(16)15-12-5-4-10(12)9-3-2-8(14)6-11(9)13;11-9-5-7(12)1-2-8(9)10(6-13)3-4-10/h2-3,6H,4-5H2,1H3,(H,15,16);1-2,5-6H,3-4H2. The minimum Gasteiger partial charge on any atom is -0.330 e. The van der Waals surface area contributed by atoms with Crippen molar-refractivity contribution in [2.75, 3.05) is 0 Å². The molecular formula is C22H19Cl2F2NO2.